The predicted octanol–water partition coefficient (Wildman–Crippen LogP) is 0.579. The van der Waals surface area contributed by atoms with Gasteiger partial charge in [0.15, 0.2) is 0 Å². The molecule has 0 aromatic carbocycles. The van der Waals surface area contributed by atoms with Gasteiger partial charge in [0.1, 0.15) is 0 Å². The van der Waals surface area contributed by atoms with Gasteiger partial charge in [-0.15, -0.1) is 0 Å². The van der Waals surface area contributed by atoms with E-state index >= 15 is 0 Å². The second kappa shape index (κ2) is 4.54. The molecule has 1 rings (SSSR count). The zero-order valence-corrected chi connectivity index (χ0v) is 6.88. The average molecular weight is 186 g/mol. The number of carboxylic acid groups (broad SMARTS) is 1. The summed E-state index contributed by atoms with van der Waals surface area (Å²) in [6.07, 6.45) is -1.08. The molecule has 0 spiro atoms. The first-order valence-corrected chi connectivity index (χ1v) is 3.82. The number of hydrogen-bond donors (Lipinski definition) is 2. The molecule has 7 nitrogen and oxygen atoms in total. The van der Waals surface area contributed by atoms with E-state index in [0.717, 1.165) is 0 Å². The van der Waals surface area contributed by atoms with Gasteiger partial charge in [0, 0.05) is 17.4 Å². The highest BCUT2D eigenvalue weighted by Gasteiger charge is 2.28. The lowest BCUT2D eigenvalue weighted by Gasteiger charge is -2.14. The standard InChI is InChI=1S/C6H10N4O3/c7-10-8-1-4-2-13-3-5(4)9-6(11)12/h4-5,9H,1-3H2,(H,11,12). The minimum atomic E-state index is -1.08. The van der Waals surface area contributed by atoms with Crippen molar-refractivity contribution in [2.75, 3.05) is 19.8 Å². The van der Waals surface area contributed by atoms with Gasteiger partial charge in [-0.2, -0.15) is 0 Å². The molecule has 2 atom stereocenters. The van der Waals surface area contributed by atoms with E-state index in [0.29, 0.717) is 13.2 Å². The van der Waals surface area contributed by atoms with E-state index in [2.05, 4.69) is 15.3 Å². The van der Waals surface area contributed by atoms with Gasteiger partial charge in [-0.05, 0) is 5.53 Å². The van der Waals surface area contributed by atoms with Crippen molar-refractivity contribution in [1.29, 1.82) is 0 Å². The second-order valence-corrected chi connectivity index (χ2v) is 2.77. The highest BCUT2D eigenvalue weighted by Crippen LogP contribution is 2.13. The normalized spacial score (nSPS) is 26.5. The number of ether oxygens (including phenoxy) is 1. The molecule has 1 amide bonds. The summed E-state index contributed by atoms with van der Waals surface area (Å²) in [5, 5.41) is 14.1. The Kier molecular flexibility index (Phi) is 3.36. The second-order valence-electron chi connectivity index (χ2n) is 2.77. The molecule has 72 valence electrons. The van der Waals surface area contributed by atoms with Crippen molar-refractivity contribution in [3.63, 3.8) is 0 Å². The molecule has 0 bridgehead atoms. The quantitative estimate of drug-likeness (QED) is 0.382. The number of nitrogens with one attached hydrogen (secondary N) is 1. The molecule has 1 aliphatic rings. The Morgan fingerprint density at radius 3 is 3.15 bits per heavy atom. The highest BCUT2D eigenvalue weighted by molar-refractivity contribution is 5.64. The fraction of sp³-hybridized carbons (Fsp3) is 0.833. The van der Waals surface area contributed by atoms with Crippen LogP contribution in [0.3, 0.4) is 0 Å². The molecule has 0 radical (unpaired) electrons. The molecule has 0 aromatic rings. The van der Waals surface area contributed by atoms with Crippen LogP contribution in [0.4, 0.5) is 4.79 Å². The summed E-state index contributed by atoms with van der Waals surface area (Å²) in [4.78, 5) is 12.9. The smallest absolute Gasteiger partial charge is 0.404 e. The summed E-state index contributed by atoms with van der Waals surface area (Å²) < 4.78 is 5.06. The van der Waals surface area contributed by atoms with Crippen molar-refractivity contribution in [2.45, 2.75) is 6.04 Å². The van der Waals surface area contributed by atoms with E-state index in [-0.39, 0.29) is 18.5 Å². The van der Waals surface area contributed by atoms with Crippen molar-refractivity contribution in [2.24, 2.45) is 11.0 Å². The van der Waals surface area contributed by atoms with Gasteiger partial charge in [0.05, 0.1) is 19.3 Å². The molecule has 1 heterocycles. The Morgan fingerprint density at radius 2 is 2.54 bits per heavy atom. The van der Waals surface area contributed by atoms with Gasteiger partial charge in [0.2, 0.25) is 0 Å². The number of amides is 1. The van der Waals surface area contributed by atoms with Crippen LogP contribution in [-0.4, -0.2) is 37.0 Å². The third-order valence-electron chi connectivity index (χ3n) is 1.89. The lowest BCUT2D eigenvalue weighted by Crippen LogP contribution is -2.39. The lowest BCUT2D eigenvalue weighted by atomic mass is 10.0. The Morgan fingerprint density at radius 1 is 1.77 bits per heavy atom. The molecular formula is C6H10N4O3. The number of hydrogen-bond acceptors (Lipinski definition) is 3. The van der Waals surface area contributed by atoms with Crippen molar-refractivity contribution < 1.29 is 14.6 Å². The van der Waals surface area contributed by atoms with Gasteiger partial charge < -0.3 is 15.2 Å². The van der Waals surface area contributed by atoms with Crippen LogP contribution < -0.4 is 5.32 Å². The van der Waals surface area contributed by atoms with Crippen LogP contribution in [0, 0.1) is 5.92 Å². The number of carbonyl (C=O) groups is 1. The van der Waals surface area contributed by atoms with Crippen LogP contribution >= 0.6 is 0 Å². The molecule has 2 N–H and O–H groups in total. The SMILES string of the molecule is [N-]=[N+]=NCC1COCC1NC(=O)O. The summed E-state index contributed by atoms with van der Waals surface area (Å²) in [6, 6.07) is -0.261. The molecule has 2 unspecified atom stereocenters. The summed E-state index contributed by atoms with van der Waals surface area (Å²) in [6.45, 7) is 1.04. The maximum atomic E-state index is 10.3. The molecule has 1 aliphatic heterocycles. The molecule has 0 aliphatic carbocycles. The number of azide groups is 1. The Balaban J connectivity index is 2.43. The van der Waals surface area contributed by atoms with E-state index < -0.39 is 6.09 Å². The molecule has 7 heteroatoms. The fourth-order valence-corrected chi connectivity index (χ4v) is 1.24. The Hall–Kier alpha value is -1.46. The van der Waals surface area contributed by atoms with E-state index in [9.17, 15) is 4.79 Å². The number of nitrogens with zero attached hydrogens (tertiary/aromatic N) is 3. The summed E-state index contributed by atoms with van der Waals surface area (Å²) in [5.74, 6) is -0.0491. The molecule has 0 saturated carbocycles. The monoisotopic (exact) mass is 186 g/mol. The zero-order valence-electron chi connectivity index (χ0n) is 6.88. The van der Waals surface area contributed by atoms with Crippen LogP contribution in [0.25, 0.3) is 10.4 Å². The topological polar surface area (TPSA) is 107 Å². The van der Waals surface area contributed by atoms with Crippen molar-refractivity contribution in [1.82, 2.24) is 5.32 Å². The minimum Gasteiger partial charge on any atom is -0.465 e. The first kappa shape index (κ1) is 9.63. The predicted molar refractivity (Wildman–Crippen MR) is 43.3 cm³/mol. The zero-order chi connectivity index (χ0) is 9.68. The average Bonchev–Trinajstić information content (AvgIpc) is 2.48. The van der Waals surface area contributed by atoms with E-state index in [4.69, 9.17) is 15.4 Å². The van der Waals surface area contributed by atoms with Crippen LogP contribution in [-0.2, 0) is 4.74 Å². The lowest BCUT2D eigenvalue weighted by molar-refractivity contribution is 0.174. The van der Waals surface area contributed by atoms with E-state index in [1.54, 1.807) is 0 Å². The van der Waals surface area contributed by atoms with Crippen LogP contribution in [0.2, 0.25) is 0 Å². The van der Waals surface area contributed by atoms with E-state index in [1.165, 1.54) is 0 Å². The largest absolute Gasteiger partial charge is 0.465 e. The first-order chi connectivity index (χ1) is 6.24. The summed E-state index contributed by atoms with van der Waals surface area (Å²) in [7, 11) is 0. The van der Waals surface area contributed by atoms with E-state index in [1.807, 2.05) is 0 Å². The van der Waals surface area contributed by atoms with Crippen molar-refractivity contribution in [3.05, 3.63) is 10.4 Å². The maximum absolute atomic E-state index is 10.3. The van der Waals surface area contributed by atoms with Gasteiger partial charge >= 0.3 is 6.09 Å². The van der Waals surface area contributed by atoms with Gasteiger partial charge in [-0.25, -0.2) is 4.79 Å². The molecule has 13 heavy (non-hydrogen) atoms. The number of rotatable bonds is 3. The summed E-state index contributed by atoms with van der Waals surface area (Å²) in [5.41, 5.74) is 8.08. The first-order valence-electron chi connectivity index (χ1n) is 3.82. The van der Waals surface area contributed by atoms with Crippen molar-refractivity contribution in [3.8, 4) is 0 Å². The Bertz CT molecular complexity index is 228. The Labute approximate surface area is 74.3 Å². The maximum Gasteiger partial charge on any atom is 0.404 e. The minimum absolute atomic E-state index is 0.0491. The molecule has 1 fully saturated rings. The van der Waals surface area contributed by atoms with Crippen molar-refractivity contribution >= 4 is 6.09 Å². The van der Waals surface area contributed by atoms with Crippen LogP contribution in [0.1, 0.15) is 0 Å². The molecule has 0 aromatic heterocycles. The van der Waals surface area contributed by atoms with Gasteiger partial charge in [0.25, 0.3) is 0 Å². The van der Waals surface area contributed by atoms with Gasteiger partial charge in [-0.1, -0.05) is 5.11 Å². The third-order valence-corrected chi connectivity index (χ3v) is 1.89. The van der Waals surface area contributed by atoms with Crippen LogP contribution in [0.5, 0.6) is 0 Å². The summed E-state index contributed by atoms with van der Waals surface area (Å²) >= 11 is 0. The fourth-order valence-electron chi connectivity index (χ4n) is 1.24. The third kappa shape index (κ3) is 2.81. The van der Waals surface area contributed by atoms with Gasteiger partial charge in [-0.3, -0.25) is 0 Å². The van der Waals surface area contributed by atoms with Crippen LogP contribution in [0.15, 0.2) is 5.11 Å². The highest BCUT2D eigenvalue weighted by atomic mass is 16.5. The molecule has 1 saturated heterocycles. The molecular weight excluding hydrogens is 176 g/mol.